The minimum Gasteiger partial charge on any atom is -0.493 e. The summed E-state index contributed by atoms with van der Waals surface area (Å²) in [4.78, 5) is 12.0. The average molecular weight is 474 g/mol. The van der Waals surface area contributed by atoms with Crippen LogP contribution < -0.4 is 9.46 Å². The lowest BCUT2D eigenvalue weighted by atomic mass is 10.1. The lowest BCUT2D eigenvalue weighted by Crippen LogP contribution is -2.30. The first-order valence-corrected chi connectivity index (χ1v) is 11.4. The highest BCUT2D eigenvalue weighted by Crippen LogP contribution is 2.32. The Morgan fingerprint density at radius 1 is 1.27 bits per heavy atom. The maximum atomic E-state index is 14.6. The predicted molar refractivity (Wildman–Crippen MR) is 114 cm³/mol. The summed E-state index contributed by atoms with van der Waals surface area (Å²) in [7, 11) is -3.86. The summed E-state index contributed by atoms with van der Waals surface area (Å²) in [6, 6.07) is 7.20. The molecule has 11 heteroatoms. The van der Waals surface area contributed by atoms with Gasteiger partial charge in [-0.1, -0.05) is 37.0 Å². The van der Waals surface area contributed by atoms with Crippen LogP contribution in [0.1, 0.15) is 24.2 Å². The molecule has 0 aliphatic rings. The number of halogens is 3. The van der Waals surface area contributed by atoms with Crippen molar-refractivity contribution >= 4 is 50.0 Å². The molecular weight excluding hydrogens is 456 g/mol. The van der Waals surface area contributed by atoms with Crippen LogP contribution in [0.3, 0.4) is 0 Å². The molecule has 0 atom stereocenters. The van der Waals surface area contributed by atoms with E-state index in [1.165, 1.54) is 4.68 Å². The number of hydrogen-bond acceptors (Lipinski definition) is 5. The van der Waals surface area contributed by atoms with E-state index in [4.69, 9.17) is 27.9 Å². The van der Waals surface area contributed by atoms with Crippen molar-refractivity contribution in [2.24, 2.45) is 5.92 Å². The number of carbonyl (C=O) groups excluding carboxylic acids is 1. The second kappa shape index (κ2) is 8.41. The molecule has 0 bridgehead atoms. The van der Waals surface area contributed by atoms with Crippen LogP contribution in [0.5, 0.6) is 5.75 Å². The number of carbonyl (C=O) groups is 1. The summed E-state index contributed by atoms with van der Waals surface area (Å²) in [6.07, 6.45) is 0.787. The van der Waals surface area contributed by atoms with E-state index in [0.717, 1.165) is 18.4 Å². The highest BCUT2D eigenvalue weighted by Gasteiger charge is 2.21. The Morgan fingerprint density at radius 3 is 2.60 bits per heavy atom. The molecule has 1 N–H and O–H groups in total. The van der Waals surface area contributed by atoms with Gasteiger partial charge in [0, 0.05) is 11.5 Å². The summed E-state index contributed by atoms with van der Waals surface area (Å²) >= 11 is 12.5. The SMILES string of the molecule is CC(C)COc1ccc2c(c1)c(Cl)nn2-c1cc(F)c(C(=O)NS(C)(=O)=O)cc1Cl. The molecule has 0 saturated carbocycles. The number of nitrogens with one attached hydrogen (secondary N) is 1. The van der Waals surface area contributed by atoms with Crippen molar-refractivity contribution in [1.82, 2.24) is 14.5 Å². The Labute approximate surface area is 182 Å². The predicted octanol–water partition coefficient (Wildman–Crippen LogP) is 4.20. The molecule has 0 saturated heterocycles. The van der Waals surface area contributed by atoms with Gasteiger partial charge in [-0.25, -0.2) is 22.2 Å². The minimum atomic E-state index is -3.86. The molecule has 3 aromatic rings. The zero-order chi connectivity index (χ0) is 22.2. The van der Waals surface area contributed by atoms with E-state index in [2.05, 4.69) is 5.10 Å². The van der Waals surface area contributed by atoms with Crippen molar-refractivity contribution in [3.63, 3.8) is 0 Å². The normalized spacial score (nSPS) is 11.8. The molecule has 3 rings (SSSR count). The van der Waals surface area contributed by atoms with Crippen LogP contribution in [-0.2, 0) is 10.0 Å². The first-order valence-electron chi connectivity index (χ1n) is 8.79. The van der Waals surface area contributed by atoms with Gasteiger partial charge in [0.15, 0.2) is 5.15 Å². The van der Waals surface area contributed by atoms with Crippen LogP contribution in [0.2, 0.25) is 10.2 Å². The van der Waals surface area contributed by atoms with Crippen molar-refractivity contribution in [3.8, 4) is 11.4 Å². The van der Waals surface area contributed by atoms with Gasteiger partial charge in [0.2, 0.25) is 10.0 Å². The van der Waals surface area contributed by atoms with E-state index in [1.54, 1.807) is 22.9 Å². The summed E-state index contributed by atoms with van der Waals surface area (Å²) in [5.74, 6) is -1.13. The van der Waals surface area contributed by atoms with Gasteiger partial charge >= 0.3 is 0 Å². The number of fused-ring (bicyclic) bond motifs is 1. The van der Waals surface area contributed by atoms with Crippen LogP contribution in [0.15, 0.2) is 30.3 Å². The fraction of sp³-hybridized carbons (Fsp3) is 0.263. The molecule has 1 amide bonds. The van der Waals surface area contributed by atoms with Gasteiger partial charge < -0.3 is 4.74 Å². The van der Waals surface area contributed by atoms with Crippen LogP contribution >= 0.6 is 23.2 Å². The Hall–Kier alpha value is -2.36. The third-order valence-electron chi connectivity index (χ3n) is 3.98. The zero-order valence-electron chi connectivity index (χ0n) is 16.2. The quantitative estimate of drug-likeness (QED) is 0.579. The van der Waals surface area contributed by atoms with Crippen LogP contribution in [0.25, 0.3) is 16.6 Å². The second-order valence-corrected chi connectivity index (χ2v) is 9.59. The smallest absolute Gasteiger partial charge is 0.267 e. The van der Waals surface area contributed by atoms with Gasteiger partial charge in [-0.3, -0.25) is 4.79 Å². The van der Waals surface area contributed by atoms with E-state index in [-0.39, 0.29) is 15.9 Å². The maximum absolute atomic E-state index is 14.6. The third kappa shape index (κ3) is 4.85. The minimum absolute atomic E-state index is 0.0174. The number of sulfonamides is 1. The van der Waals surface area contributed by atoms with Gasteiger partial charge in [0.25, 0.3) is 5.91 Å². The molecule has 1 heterocycles. The standard InChI is InChI=1S/C19H18Cl2FN3O4S/c1-10(2)9-29-11-4-5-16-13(6-11)18(21)23-25(16)17-8-15(22)12(7-14(17)20)19(26)24-30(3,27)28/h4-8,10H,9H2,1-3H3,(H,24,26). The van der Waals surface area contributed by atoms with Gasteiger partial charge in [0.05, 0.1) is 34.7 Å². The maximum Gasteiger partial charge on any atom is 0.267 e. The number of nitrogens with zero attached hydrogens (tertiary/aromatic N) is 2. The third-order valence-corrected chi connectivity index (χ3v) is 5.12. The Morgan fingerprint density at radius 2 is 1.97 bits per heavy atom. The highest BCUT2D eigenvalue weighted by atomic mass is 35.5. The molecular formula is C19H18Cl2FN3O4S. The highest BCUT2D eigenvalue weighted by molar-refractivity contribution is 7.89. The molecule has 1 aromatic heterocycles. The first-order chi connectivity index (χ1) is 14.0. The summed E-state index contributed by atoms with van der Waals surface area (Å²) in [5.41, 5.74) is 0.172. The van der Waals surface area contributed by atoms with Gasteiger partial charge in [0.1, 0.15) is 11.6 Å². The molecule has 7 nitrogen and oxygen atoms in total. The molecule has 0 spiro atoms. The van der Waals surface area contributed by atoms with E-state index >= 15 is 0 Å². The Bertz CT molecular complexity index is 1240. The topological polar surface area (TPSA) is 90.3 Å². The second-order valence-electron chi connectivity index (χ2n) is 7.07. The number of hydrogen-bond donors (Lipinski definition) is 1. The van der Waals surface area contributed by atoms with Crippen LogP contribution in [-0.4, -0.2) is 37.0 Å². The number of amides is 1. The Balaban J connectivity index is 2.03. The van der Waals surface area contributed by atoms with E-state index in [9.17, 15) is 17.6 Å². The molecule has 0 fully saturated rings. The first kappa shape index (κ1) is 22.3. The van der Waals surface area contributed by atoms with Crippen molar-refractivity contribution in [2.75, 3.05) is 12.9 Å². The Kier molecular flexibility index (Phi) is 6.26. The average Bonchev–Trinajstić information content (AvgIpc) is 2.96. The van der Waals surface area contributed by atoms with Crippen molar-refractivity contribution in [3.05, 3.63) is 51.9 Å². The fourth-order valence-corrected chi connectivity index (χ4v) is 3.61. The number of benzene rings is 2. The van der Waals surface area contributed by atoms with Crippen molar-refractivity contribution in [1.29, 1.82) is 0 Å². The number of rotatable bonds is 6. The molecule has 0 unspecified atom stereocenters. The van der Waals surface area contributed by atoms with Crippen molar-refractivity contribution in [2.45, 2.75) is 13.8 Å². The lowest BCUT2D eigenvalue weighted by molar-refractivity contribution is 0.0978. The molecule has 30 heavy (non-hydrogen) atoms. The summed E-state index contributed by atoms with van der Waals surface area (Å²) < 4.78 is 45.8. The van der Waals surface area contributed by atoms with Crippen molar-refractivity contribution < 1.29 is 22.3 Å². The van der Waals surface area contributed by atoms with Gasteiger partial charge in [-0.15, -0.1) is 0 Å². The lowest BCUT2D eigenvalue weighted by Gasteiger charge is -2.11. The summed E-state index contributed by atoms with van der Waals surface area (Å²) in [6.45, 7) is 4.59. The molecule has 0 aliphatic carbocycles. The largest absolute Gasteiger partial charge is 0.493 e. The number of aromatic nitrogens is 2. The summed E-state index contributed by atoms with van der Waals surface area (Å²) in [5, 5.41) is 4.93. The van der Waals surface area contributed by atoms with E-state index in [0.29, 0.717) is 29.2 Å². The van der Waals surface area contributed by atoms with Gasteiger partial charge in [-0.05, 0) is 30.2 Å². The monoisotopic (exact) mass is 473 g/mol. The molecule has 2 aromatic carbocycles. The number of ether oxygens (including phenoxy) is 1. The van der Waals surface area contributed by atoms with E-state index < -0.39 is 27.3 Å². The van der Waals surface area contributed by atoms with Crippen LogP contribution in [0.4, 0.5) is 4.39 Å². The fourth-order valence-electron chi connectivity index (χ4n) is 2.69. The van der Waals surface area contributed by atoms with Gasteiger partial charge in [-0.2, -0.15) is 5.10 Å². The molecule has 0 radical (unpaired) electrons. The molecule has 160 valence electrons. The van der Waals surface area contributed by atoms with Crippen LogP contribution in [0, 0.1) is 11.7 Å². The van der Waals surface area contributed by atoms with E-state index in [1.807, 2.05) is 13.8 Å². The zero-order valence-corrected chi connectivity index (χ0v) is 18.6. The molecule has 0 aliphatic heterocycles.